The van der Waals surface area contributed by atoms with Gasteiger partial charge in [0.15, 0.2) is 0 Å². The minimum absolute atomic E-state index is 0.0974. The number of carbonyl (C=O) groups excluding carboxylic acids is 2. The van der Waals surface area contributed by atoms with E-state index in [0.717, 1.165) is 38.0 Å². The van der Waals surface area contributed by atoms with Gasteiger partial charge >= 0.3 is 5.97 Å². The molecule has 2 fully saturated rings. The van der Waals surface area contributed by atoms with E-state index in [0.29, 0.717) is 35.7 Å². The number of aliphatic hydroxyl groups is 1. The minimum Gasteiger partial charge on any atom is -0.496 e. The number of tetrazole rings is 1. The minimum atomic E-state index is -0.739. The average Bonchev–Trinajstić information content (AvgIpc) is 3.57. The van der Waals surface area contributed by atoms with Crippen molar-refractivity contribution in [3.63, 3.8) is 0 Å². The van der Waals surface area contributed by atoms with Crippen molar-refractivity contribution < 1.29 is 24.2 Å². The molecule has 0 radical (unpaired) electrons. The number of nitrogens with zero attached hydrogens (tertiary/aromatic N) is 6. The molecule has 4 heterocycles. The quantitative estimate of drug-likeness (QED) is 0.615. The van der Waals surface area contributed by atoms with Gasteiger partial charge in [-0.1, -0.05) is 6.07 Å². The number of esters is 1. The van der Waals surface area contributed by atoms with Crippen LogP contribution < -0.4 is 4.74 Å². The van der Waals surface area contributed by atoms with Crippen LogP contribution in [0.5, 0.6) is 5.75 Å². The number of amides is 1. The maximum atomic E-state index is 13.3. The monoisotopic (exact) mass is 468 g/mol. The number of methoxy groups -OCH3 is 1. The molecule has 1 N–H and O–H groups in total. The molecule has 1 unspecified atom stereocenters. The lowest BCUT2D eigenvalue weighted by atomic mass is 9.77. The molecule has 11 heteroatoms. The molecule has 3 aliphatic rings. The highest BCUT2D eigenvalue weighted by Gasteiger charge is 2.50. The Morgan fingerprint density at radius 2 is 1.97 bits per heavy atom. The summed E-state index contributed by atoms with van der Waals surface area (Å²) in [5, 5.41) is 22.1. The molecule has 2 saturated heterocycles. The summed E-state index contributed by atoms with van der Waals surface area (Å²) in [6.45, 7) is 4.40. The second-order valence-electron chi connectivity index (χ2n) is 9.13. The number of rotatable bonds is 6. The highest BCUT2D eigenvalue weighted by Crippen LogP contribution is 2.44. The summed E-state index contributed by atoms with van der Waals surface area (Å²) in [4.78, 5) is 29.0. The van der Waals surface area contributed by atoms with E-state index in [2.05, 4.69) is 20.4 Å². The predicted molar refractivity (Wildman–Crippen MR) is 119 cm³/mol. The first-order valence-corrected chi connectivity index (χ1v) is 11.4. The molecular weight excluding hydrogens is 440 g/mol. The number of aromatic nitrogens is 4. The average molecular weight is 469 g/mol. The van der Waals surface area contributed by atoms with Gasteiger partial charge in [0.2, 0.25) is 5.91 Å². The van der Waals surface area contributed by atoms with E-state index in [1.165, 1.54) is 11.0 Å². The number of carbonyl (C=O) groups is 2. The van der Waals surface area contributed by atoms with Crippen molar-refractivity contribution in [2.45, 2.75) is 32.3 Å². The van der Waals surface area contributed by atoms with E-state index in [-0.39, 0.29) is 18.5 Å². The smallest absolute Gasteiger partial charge is 0.336 e. The SMILES string of the molecule is COc1cc(-n2cnnn2)ccc1C(O)CN1CCC2(CC1)CCN(C1=C(C)C(=O)OC1)C2=O. The summed E-state index contributed by atoms with van der Waals surface area (Å²) in [5.74, 6) is 0.321. The van der Waals surface area contributed by atoms with Gasteiger partial charge in [0.05, 0.1) is 35.6 Å². The molecule has 2 aromatic rings. The third kappa shape index (κ3) is 3.84. The first-order valence-electron chi connectivity index (χ1n) is 11.4. The fourth-order valence-corrected chi connectivity index (χ4v) is 5.19. The van der Waals surface area contributed by atoms with Crippen LogP contribution in [0.4, 0.5) is 0 Å². The largest absolute Gasteiger partial charge is 0.496 e. The number of β-amino-alcohol motifs (C(OH)–C–C–N with tert-alkyl or cyclic N) is 1. The Morgan fingerprint density at radius 3 is 2.62 bits per heavy atom. The Labute approximate surface area is 196 Å². The van der Waals surface area contributed by atoms with E-state index in [4.69, 9.17) is 9.47 Å². The van der Waals surface area contributed by atoms with E-state index >= 15 is 0 Å². The summed E-state index contributed by atoms with van der Waals surface area (Å²) >= 11 is 0. The Balaban J connectivity index is 1.22. The zero-order valence-electron chi connectivity index (χ0n) is 19.3. The van der Waals surface area contributed by atoms with Crippen molar-refractivity contribution in [3.05, 3.63) is 41.4 Å². The van der Waals surface area contributed by atoms with Crippen LogP contribution in [0.3, 0.4) is 0 Å². The second-order valence-corrected chi connectivity index (χ2v) is 9.13. The van der Waals surface area contributed by atoms with Gasteiger partial charge in [-0.05, 0) is 55.8 Å². The van der Waals surface area contributed by atoms with Gasteiger partial charge in [-0.3, -0.25) is 4.79 Å². The normalized spacial score (nSPS) is 21.4. The van der Waals surface area contributed by atoms with Crippen molar-refractivity contribution in [1.29, 1.82) is 0 Å². The topological polar surface area (TPSA) is 123 Å². The van der Waals surface area contributed by atoms with E-state index in [9.17, 15) is 14.7 Å². The summed E-state index contributed by atoms with van der Waals surface area (Å²) in [6.07, 6.45) is 2.99. The Kier molecular flexibility index (Phi) is 5.82. The van der Waals surface area contributed by atoms with E-state index in [1.54, 1.807) is 25.0 Å². The third-order valence-corrected chi connectivity index (χ3v) is 7.35. The fraction of sp³-hybridized carbons (Fsp3) is 0.522. The molecule has 5 rings (SSSR count). The number of aliphatic hydroxyl groups excluding tert-OH is 1. The van der Waals surface area contributed by atoms with Crippen molar-refractivity contribution in [1.82, 2.24) is 30.0 Å². The van der Waals surface area contributed by atoms with Gasteiger partial charge in [-0.15, -0.1) is 5.10 Å². The van der Waals surface area contributed by atoms with Crippen LogP contribution in [0.15, 0.2) is 35.8 Å². The lowest BCUT2D eigenvalue weighted by molar-refractivity contribution is -0.138. The molecule has 180 valence electrons. The number of hydrogen-bond acceptors (Lipinski definition) is 9. The van der Waals surface area contributed by atoms with Gasteiger partial charge in [0.25, 0.3) is 0 Å². The van der Waals surface area contributed by atoms with Crippen molar-refractivity contribution >= 4 is 11.9 Å². The highest BCUT2D eigenvalue weighted by molar-refractivity contribution is 5.94. The first kappa shape index (κ1) is 22.5. The molecular formula is C23H28N6O5. The summed E-state index contributed by atoms with van der Waals surface area (Å²) in [6, 6.07) is 5.45. The van der Waals surface area contributed by atoms with Crippen LogP contribution in [-0.2, 0) is 14.3 Å². The molecule has 1 amide bonds. The zero-order chi connectivity index (χ0) is 23.9. The molecule has 1 aromatic carbocycles. The molecule has 0 bridgehead atoms. The predicted octanol–water partition coefficient (Wildman–Crippen LogP) is 0.850. The molecule has 3 aliphatic heterocycles. The van der Waals surface area contributed by atoms with Crippen molar-refractivity contribution in [3.8, 4) is 11.4 Å². The molecule has 11 nitrogen and oxygen atoms in total. The Morgan fingerprint density at radius 1 is 1.21 bits per heavy atom. The van der Waals surface area contributed by atoms with Crippen LogP contribution in [0, 0.1) is 5.41 Å². The molecule has 1 aromatic heterocycles. The van der Waals surface area contributed by atoms with Crippen LogP contribution in [-0.4, -0.2) is 86.9 Å². The number of piperidine rings is 1. The number of hydrogen-bond donors (Lipinski definition) is 1. The third-order valence-electron chi connectivity index (χ3n) is 7.35. The van der Waals surface area contributed by atoms with E-state index in [1.807, 2.05) is 12.1 Å². The van der Waals surface area contributed by atoms with Gasteiger partial charge < -0.3 is 24.4 Å². The van der Waals surface area contributed by atoms with Gasteiger partial charge in [-0.25, -0.2) is 9.48 Å². The number of benzene rings is 1. The van der Waals surface area contributed by atoms with Crippen LogP contribution in [0.1, 0.15) is 37.9 Å². The molecule has 34 heavy (non-hydrogen) atoms. The lowest BCUT2D eigenvalue weighted by Gasteiger charge is -2.38. The fourth-order valence-electron chi connectivity index (χ4n) is 5.19. The first-order chi connectivity index (χ1) is 16.4. The van der Waals surface area contributed by atoms with Gasteiger partial charge in [-0.2, -0.15) is 0 Å². The molecule has 1 atom stereocenters. The van der Waals surface area contributed by atoms with Crippen LogP contribution >= 0.6 is 0 Å². The molecule has 1 spiro atoms. The highest BCUT2D eigenvalue weighted by atomic mass is 16.5. The number of likely N-dealkylation sites (tertiary alicyclic amines) is 2. The standard InChI is InChI=1S/C23H28N6O5/c1-15-18(13-34-21(15)31)28-10-7-23(22(28)32)5-8-27(9-6-23)12-19(30)17-4-3-16(11-20(17)33-2)29-14-24-25-26-29/h3-4,11,14,19,30H,5-10,12-13H2,1-2H3. The number of ether oxygens (including phenoxy) is 2. The maximum Gasteiger partial charge on any atom is 0.336 e. The Hall–Kier alpha value is -3.31. The van der Waals surface area contributed by atoms with E-state index < -0.39 is 11.5 Å². The van der Waals surface area contributed by atoms with Gasteiger partial charge in [0, 0.05) is 24.7 Å². The molecule has 0 saturated carbocycles. The van der Waals surface area contributed by atoms with Crippen molar-refractivity contribution in [2.75, 3.05) is 39.9 Å². The van der Waals surface area contributed by atoms with Crippen LogP contribution in [0.2, 0.25) is 0 Å². The zero-order valence-corrected chi connectivity index (χ0v) is 19.3. The summed E-state index contributed by atoms with van der Waals surface area (Å²) in [7, 11) is 1.57. The number of cyclic esters (lactones) is 1. The van der Waals surface area contributed by atoms with Crippen LogP contribution in [0.25, 0.3) is 5.69 Å². The Bertz CT molecular complexity index is 1120. The second kappa shape index (κ2) is 8.80. The maximum absolute atomic E-state index is 13.3. The van der Waals surface area contributed by atoms with Crippen molar-refractivity contribution in [2.24, 2.45) is 5.41 Å². The lowest BCUT2D eigenvalue weighted by Crippen LogP contribution is -2.45. The molecule has 0 aliphatic carbocycles. The van der Waals surface area contributed by atoms with Gasteiger partial charge in [0.1, 0.15) is 18.7 Å². The summed E-state index contributed by atoms with van der Waals surface area (Å²) in [5.41, 5.74) is 2.27. The summed E-state index contributed by atoms with van der Waals surface area (Å²) < 4.78 is 12.1.